The van der Waals surface area contributed by atoms with Crippen LogP contribution >= 0.6 is 23.8 Å². The van der Waals surface area contributed by atoms with Gasteiger partial charge in [-0.2, -0.15) is 0 Å². The molecule has 0 aliphatic carbocycles. The Balaban J connectivity index is 1.71. The minimum absolute atomic E-state index is 0.0565. The van der Waals surface area contributed by atoms with Crippen LogP contribution < -0.4 is 10.2 Å². The van der Waals surface area contributed by atoms with Crippen LogP contribution in [0, 0.1) is 34.6 Å². The summed E-state index contributed by atoms with van der Waals surface area (Å²) in [5, 5.41) is 5.02. The molecule has 5 rings (SSSR count). The van der Waals surface area contributed by atoms with Gasteiger partial charge in [0.15, 0.2) is 5.11 Å². The van der Waals surface area contributed by atoms with E-state index in [2.05, 4.69) is 85.8 Å². The number of pyridine rings is 1. The average molecular weight is 501 g/mol. The van der Waals surface area contributed by atoms with Crippen molar-refractivity contribution in [2.45, 2.75) is 46.7 Å². The molecule has 4 nitrogen and oxygen atoms in total. The molecular weight excluding hydrogens is 472 g/mol. The third-order valence-corrected chi connectivity index (χ3v) is 7.62. The van der Waals surface area contributed by atoms with Crippen LogP contribution in [-0.2, 0) is 0 Å². The number of anilines is 1. The molecule has 3 heterocycles. The number of rotatable bonds is 4. The van der Waals surface area contributed by atoms with Crippen LogP contribution in [0.3, 0.4) is 0 Å². The first kappa shape index (κ1) is 23.6. The zero-order valence-electron chi connectivity index (χ0n) is 20.6. The number of nitrogens with one attached hydrogen (secondary N) is 1. The SMILES string of the molecule is Cc1ccc(N2C(=S)N[C@@H](c3ccccn3)[C@H]2c2cc(C)n(-c3cc(Cl)ccc3C)c2C)cc1C. The lowest BCUT2D eigenvalue weighted by molar-refractivity contribution is 0.565. The molecule has 178 valence electrons. The molecule has 6 heteroatoms. The van der Waals surface area contributed by atoms with E-state index in [1.54, 1.807) is 0 Å². The Morgan fingerprint density at radius 1 is 0.886 bits per heavy atom. The highest BCUT2D eigenvalue weighted by atomic mass is 35.5. The van der Waals surface area contributed by atoms with Gasteiger partial charge < -0.3 is 14.8 Å². The molecule has 0 unspecified atom stereocenters. The molecule has 0 spiro atoms. The molecule has 1 aliphatic rings. The van der Waals surface area contributed by atoms with Crippen molar-refractivity contribution >= 4 is 34.6 Å². The number of benzene rings is 2. The number of nitrogens with zero attached hydrogens (tertiary/aromatic N) is 3. The molecule has 4 aromatic rings. The van der Waals surface area contributed by atoms with Gasteiger partial charge in [-0.1, -0.05) is 29.8 Å². The first-order valence-corrected chi connectivity index (χ1v) is 12.6. The maximum Gasteiger partial charge on any atom is 0.174 e. The number of thiocarbonyl (C=S) groups is 1. The molecule has 2 aromatic carbocycles. The molecule has 1 N–H and O–H groups in total. The van der Waals surface area contributed by atoms with Crippen molar-refractivity contribution in [3.63, 3.8) is 0 Å². The van der Waals surface area contributed by atoms with Crippen LogP contribution in [-0.4, -0.2) is 14.7 Å². The summed E-state index contributed by atoms with van der Waals surface area (Å²) >= 11 is 12.3. The van der Waals surface area contributed by atoms with Gasteiger partial charge in [0.05, 0.1) is 17.8 Å². The van der Waals surface area contributed by atoms with Crippen molar-refractivity contribution in [3.8, 4) is 5.69 Å². The third-order valence-electron chi connectivity index (χ3n) is 7.07. The van der Waals surface area contributed by atoms with Crippen molar-refractivity contribution in [1.29, 1.82) is 0 Å². The van der Waals surface area contributed by atoms with E-state index in [4.69, 9.17) is 28.8 Å². The van der Waals surface area contributed by atoms with Gasteiger partial charge in [-0.15, -0.1) is 0 Å². The molecular formula is C29H29ClN4S. The quantitative estimate of drug-likeness (QED) is 0.299. The number of hydrogen-bond acceptors (Lipinski definition) is 2. The first-order valence-electron chi connectivity index (χ1n) is 11.8. The zero-order valence-corrected chi connectivity index (χ0v) is 22.2. The summed E-state index contributed by atoms with van der Waals surface area (Å²) in [5.74, 6) is 0. The van der Waals surface area contributed by atoms with Gasteiger partial charge in [0.25, 0.3) is 0 Å². The van der Waals surface area contributed by atoms with Crippen molar-refractivity contribution < 1.29 is 0 Å². The minimum Gasteiger partial charge on any atom is -0.351 e. The third kappa shape index (κ3) is 4.13. The van der Waals surface area contributed by atoms with Crippen molar-refractivity contribution in [3.05, 3.63) is 111 Å². The van der Waals surface area contributed by atoms with Crippen LogP contribution in [0.5, 0.6) is 0 Å². The number of halogens is 1. The minimum atomic E-state index is -0.0836. The Morgan fingerprint density at radius 3 is 2.37 bits per heavy atom. The van der Waals surface area contributed by atoms with E-state index >= 15 is 0 Å². The maximum atomic E-state index is 6.40. The summed E-state index contributed by atoms with van der Waals surface area (Å²) in [7, 11) is 0. The summed E-state index contributed by atoms with van der Waals surface area (Å²) in [6, 6.07) is 20.8. The molecule has 2 aromatic heterocycles. The van der Waals surface area contributed by atoms with Gasteiger partial charge in [-0.05, 0) is 112 Å². The average Bonchev–Trinajstić information content (AvgIpc) is 3.33. The molecule has 2 atom stereocenters. The van der Waals surface area contributed by atoms with Gasteiger partial charge in [-0.25, -0.2) is 0 Å². The van der Waals surface area contributed by atoms with Gasteiger partial charge in [0, 0.05) is 34.0 Å². The zero-order chi connectivity index (χ0) is 24.9. The summed E-state index contributed by atoms with van der Waals surface area (Å²) < 4.78 is 2.30. The Labute approximate surface area is 217 Å². The summed E-state index contributed by atoms with van der Waals surface area (Å²) in [6.07, 6.45) is 1.84. The number of hydrogen-bond donors (Lipinski definition) is 1. The summed E-state index contributed by atoms with van der Waals surface area (Å²) in [5.41, 5.74) is 10.4. The molecule has 0 amide bonds. The fourth-order valence-electron chi connectivity index (χ4n) is 5.11. The second kappa shape index (κ2) is 9.14. The standard InChI is InChI=1S/C29H29ClN4S/c1-17-10-12-23(14-19(17)3)34-28(27(32-29(34)35)25-8-6-7-13-31-25)24-15-20(4)33(21(24)5)26-16-22(30)11-9-18(26)2/h6-16,27-28H,1-5H3,(H,32,35)/t27-,28+/m0/s1. The number of aromatic nitrogens is 2. The fraction of sp³-hybridized carbons (Fsp3) is 0.241. The van der Waals surface area contributed by atoms with Crippen LogP contribution in [0.25, 0.3) is 5.69 Å². The van der Waals surface area contributed by atoms with Crippen LogP contribution in [0.2, 0.25) is 5.02 Å². The monoisotopic (exact) mass is 500 g/mol. The first-order chi connectivity index (χ1) is 16.8. The van der Waals surface area contributed by atoms with Crippen molar-refractivity contribution in [1.82, 2.24) is 14.9 Å². The highest BCUT2D eigenvalue weighted by Gasteiger charge is 2.42. The lowest BCUT2D eigenvalue weighted by Crippen LogP contribution is -2.29. The van der Waals surface area contributed by atoms with Crippen LogP contribution in [0.4, 0.5) is 5.69 Å². The van der Waals surface area contributed by atoms with E-state index in [0.29, 0.717) is 5.11 Å². The predicted octanol–water partition coefficient (Wildman–Crippen LogP) is 7.24. The Bertz CT molecular complexity index is 1430. The van der Waals surface area contributed by atoms with E-state index in [0.717, 1.165) is 27.8 Å². The van der Waals surface area contributed by atoms with Crippen LogP contribution in [0.15, 0.2) is 66.9 Å². The van der Waals surface area contributed by atoms with Crippen molar-refractivity contribution in [2.24, 2.45) is 0 Å². The van der Waals surface area contributed by atoms with Gasteiger partial charge in [-0.3, -0.25) is 4.98 Å². The topological polar surface area (TPSA) is 33.1 Å². The lowest BCUT2D eigenvalue weighted by Gasteiger charge is -2.28. The Morgan fingerprint density at radius 2 is 1.66 bits per heavy atom. The van der Waals surface area contributed by atoms with Gasteiger partial charge in [0.2, 0.25) is 0 Å². The Hall–Kier alpha value is -3.15. The predicted molar refractivity (Wildman–Crippen MR) is 149 cm³/mol. The molecule has 35 heavy (non-hydrogen) atoms. The van der Waals surface area contributed by atoms with Crippen LogP contribution in [0.1, 0.15) is 51.4 Å². The second-order valence-electron chi connectivity index (χ2n) is 9.36. The largest absolute Gasteiger partial charge is 0.351 e. The molecule has 1 fully saturated rings. The lowest BCUT2D eigenvalue weighted by atomic mass is 9.96. The highest BCUT2D eigenvalue weighted by Crippen LogP contribution is 2.44. The fourth-order valence-corrected chi connectivity index (χ4v) is 5.62. The molecule has 0 bridgehead atoms. The van der Waals surface area contributed by atoms with Gasteiger partial charge in [0.1, 0.15) is 0 Å². The highest BCUT2D eigenvalue weighted by molar-refractivity contribution is 7.80. The summed E-state index contributed by atoms with van der Waals surface area (Å²) in [4.78, 5) is 6.95. The normalized spacial score (nSPS) is 17.7. The second-order valence-corrected chi connectivity index (χ2v) is 10.2. The van der Waals surface area contributed by atoms with Gasteiger partial charge >= 0.3 is 0 Å². The molecule has 0 saturated carbocycles. The molecule has 1 saturated heterocycles. The van der Waals surface area contributed by atoms with Crippen molar-refractivity contribution in [2.75, 3.05) is 4.90 Å². The smallest absolute Gasteiger partial charge is 0.174 e. The Kier molecular flexibility index (Phi) is 6.16. The van der Waals surface area contributed by atoms with E-state index in [9.17, 15) is 0 Å². The van der Waals surface area contributed by atoms with E-state index < -0.39 is 0 Å². The molecule has 1 aliphatic heterocycles. The molecule has 0 radical (unpaired) electrons. The van der Waals surface area contributed by atoms with E-state index in [1.807, 2.05) is 30.5 Å². The van der Waals surface area contributed by atoms with E-state index in [-0.39, 0.29) is 12.1 Å². The number of aryl methyl sites for hydroxylation is 4. The van der Waals surface area contributed by atoms with E-state index in [1.165, 1.54) is 27.9 Å². The summed E-state index contributed by atoms with van der Waals surface area (Å²) in [6.45, 7) is 10.7. The maximum absolute atomic E-state index is 6.40.